The molecule has 0 N–H and O–H groups in total. The summed E-state index contributed by atoms with van der Waals surface area (Å²) in [5.41, 5.74) is 0. The van der Waals surface area contributed by atoms with E-state index < -0.39 is 4.32 Å². The van der Waals surface area contributed by atoms with Crippen molar-refractivity contribution in [2.24, 2.45) is 0 Å². The van der Waals surface area contributed by atoms with Crippen LogP contribution in [0.3, 0.4) is 0 Å². The van der Waals surface area contributed by atoms with Gasteiger partial charge in [0.05, 0.1) is 4.32 Å². The summed E-state index contributed by atoms with van der Waals surface area (Å²) in [4.78, 5) is 16.2. The predicted octanol–water partition coefficient (Wildman–Crippen LogP) is 1.32. The van der Waals surface area contributed by atoms with Crippen LogP contribution < -0.4 is 0 Å². The van der Waals surface area contributed by atoms with Gasteiger partial charge >= 0.3 is 0 Å². The first-order valence-electron chi connectivity index (χ1n) is 5.08. The standard InChI is InChI=1S/C10H19BrN2O/c1-10(2,11)9(14)13-6-4-5-12(3)7-8-13/h4-8H2,1-3H3. The van der Waals surface area contributed by atoms with Crippen LogP contribution in [-0.4, -0.2) is 53.3 Å². The summed E-state index contributed by atoms with van der Waals surface area (Å²) >= 11 is 3.42. The van der Waals surface area contributed by atoms with Gasteiger partial charge in [-0.15, -0.1) is 0 Å². The van der Waals surface area contributed by atoms with Crippen LogP contribution in [0.1, 0.15) is 20.3 Å². The molecule has 1 aliphatic heterocycles. The second-order valence-electron chi connectivity index (χ2n) is 4.42. The maximum atomic E-state index is 11.9. The quantitative estimate of drug-likeness (QED) is 0.666. The van der Waals surface area contributed by atoms with Crippen LogP contribution in [0.15, 0.2) is 0 Å². The molecule has 0 radical (unpaired) electrons. The first kappa shape index (κ1) is 12.0. The van der Waals surface area contributed by atoms with Gasteiger partial charge in [0, 0.05) is 19.6 Å². The van der Waals surface area contributed by atoms with Crippen molar-refractivity contribution in [3.63, 3.8) is 0 Å². The fourth-order valence-corrected chi connectivity index (χ4v) is 1.88. The lowest BCUT2D eigenvalue weighted by Crippen LogP contribution is -2.43. The fourth-order valence-electron chi connectivity index (χ4n) is 1.63. The van der Waals surface area contributed by atoms with Gasteiger partial charge in [0.25, 0.3) is 0 Å². The summed E-state index contributed by atoms with van der Waals surface area (Å²) in [6.07, 6.45) is 1.07. The van der Waals surface area contributed by atoms with E-state index in [-0.39, 0.29) is 5.91 Å². The molecule has 3 nitrogen and oxygen atoms in total. The Balaban J connectivity index is 2.56. The number of halogens is 1. The number of nitrogens with zero attached hydrogens (tertiary/aromatic N) is 2. The van der Waals surface area contributed by atoms with Crippen molar-refractivity contribution in [2.45, 2.75) is 24.6 Å². The van der Waals surface area contributed by atoms with Crippen LogP contribution in [-0.2, 0) is 4.79 Å². The Hall–Kier alpha value is -0.0900. The Bertz CT molecular complexity index is 213. The molecule has 0 aromatic heterocycles. The smallest absolute Gasteiger partial charge is 0.238 e. The van der Waals surface area contributed by atoms with Crippen molar-refractivity contribution < 1.29 is 4.79 Å². The molecular formula is C10H19BrN2O. The molecule has 4 heteroatoms. The van der Waals surface area contributed by atoms with Crippen LogP contribution in [0.2, 0.25) is 0 Å². The average Bonchev–Trinajstić information content (AvgIpc) is 2.27. The SMILES string of the molecule is CN1CCCN(C(=O)C(C)(C)Br)CC1. The molecule has 0 unspecified atom stereocenters. The van der Waals surface area contributed by atoms with Crippen molar-refractivity contribution in [2.75, 3.05) is 33.2 Å². The summed E-state index contributed by atoms with van der Waals surface area (Å²) in [5.74, 6) is 0.202. The first-order chi connectivity index (χ1) is 6.41. The van der Waals surface area contributed by atoms with Gasteiger partial charge in [-0.05, 0) is 33.9 Å². The molecule has 1 fully saturated rings. The number of hydrogen-bond acceptors (Lipinski definition) is 2. The molecule has 0 aromatic rings. The normalized spacial score (nSPS) is 20.7. The van der Waals surface area contributed by atoms with E-state index in [9.17, 15) is 4.79 Å². The number of carbonyl (C=O) groups excluding carboxylic acids is 1. The van der Waals surface area contributed by atoms with E-state index in [4.69, 9.17) is 0 Å². The van der Waals surface area contributed by atoms with Crippen molar-refractivity contribution in [1.29, 1.82) is 0 Å². The monoisotopic (exact) mass is 262 g/mol. The molecule has 1 rings (SSSR count). The Morgan fingerprint density at radius 2 is 1.86 bits per heavy atom. The molecule has 0 spiro atoms. The molecule has 0 aromatic carbocycles. The molecule has 0 bridgehead atoms. The number of carbonyl (C=O) groups is 1. The first-order valence-corrected chi connectivity index (χ1v) is 5.87. The molecule has 0 saturated carbocycles. The largest absolute Gasteiger partial charge is 0.340 e. The molecular weight excluding hydrogens is 244 g/mol. The van der Waals surface area contributed by atoms with E-state index in [0.29, 0.717) is 0 Å². The minimum absolute atomic E-state index is 0.202. The zero-order valence-electron chi connectivity index (χ0n) is 9.22. The molecule has 0 atom stereocenters. The lowest BCUT2D eigenvalue weighted by atomic mass is 10.2. The third-order valence-corrected chi connectivity index (χ3v) is 2.85. The lowest BCUT2D eigenvalue weighted by molar-refractivity contribution is -0.132. The van der Waals surface area contributed by atoms with Gasteiger partial charge in [-0.2, -0.15) is 0 Å². The highest BCUT2D eigenvalue weighted by Gasteiger charge is 2.29. The third-order valence-electron chi connectivity index (χ3n) is 2.52. The Kier molecular flexibility index (Phi) is 3.95. The van der Waals surface area contributed by atoms with Gasteiger partial charge in [-0.3, -0.25) is 4.79 Å². The second kappa shape index (κ2) is 4.62. The highest BCUT2D eigenvalue weighted by atomic mass is 79.9. The van der Waals surface area contributed by atoms with E-state index in [1.54, 1.807) is 0 Å². The molecule has 0 aliphatic carbocycles. The highest BCUT2D eigenvalue weighted by molar-refractivity contribution is 9.10. The summed E-state index contributed by atoms with van der Waals surface area (Å²) in [5, 5.41) is 0. The number of hydrogen-bond donors (Lipinski definition) is 0. The fraction of sp³-hybridized carbons (Fsp3) is 0.900. The van der Waals surface area contributed by atoms with Crippen LogP contribution in [0.25, 0.3) is 0 Å². The molecule has 14 heavy (non-hydrogen) atoms. The minimum atomic E-state index is -0.421. The zero-order chi connectivity index (χ0) is 10.8. The third kappa shape index (κ3) is 3.24. The molecule has 1 aliphatic rings. The van der Waals surface area contributed by atoms with Gasteiger partial charge < -0.3 is 9.80 Å². The van der Waals surface area contributed by atoms with Gasteiger partial charge in [0.15, 0.2) is 0 Å². The van der Waals surface area contributed by atoms with Crippen LogP contribution >= 0.6 is 15.9 Å². The van der Waals surface area contributed by atoms with Gasteiger partial charge in [0.2, 0.25) is 5.91 Å². The van der Waals surface area contributed by atoms with E-state index >= 15 is 0 Å². The second-order valence-corrected chi connectivity index (χ2v) is 6.40. The van der Waals surface area contributed by atoms with Crippen molar-refractivity contribution in [1.82, 2.24) is 9.80 Å². The zero-order valence-corrected chi connectivity index (χ0v) is 10.8. The van der Waals surface area contributed by atoms with E-state index in [1.807, 2.05) is 18.7 Å². The van der Waals surface area contributed by atoms with E-state index in [0.717, 1.165) is 32.6 Å². The van der Waals surface area contributed by atoms with Crippen molar-refractivity contribution in [3.05, 3.63) is 0 Å². The summed E-state index contributed by atoms with van der Waals surface area (Å²) in [6.45, 7) is 7.62. The molecule has 1 saturated heterocycles. The maximum Gasteiger partial charge on any atom is 0.238 e. The number of rotatable bonds is 1. The predicted molar refractivity (Wildman–Crippen MR) is 61.7 cm³/mol. The van der Waals surface area contributed by atoms with Gasteiger partial charge in [0.1, 0.15) is 0 Å². The van der Waals surface area contributed by atoms with E-state index in [2.05, 4.69) is 27.9 Å². The number of amides is 1. The topological polar surface area (TPSA) is 23.6 Å². The van der Waals surface area contributed by atoms with Crippen LogP contribution in [0.5, 0.6) is 0 Å². The highest BCUT2D eigenvalue weighted by Crippen LogP contribution is 2.20. The van der Waals surface area contributed by atoms with Gasteiger partial charge in [-0.25, -0.2) is 0 Å². The Morgan fingerprint density at radius 1 is 1.21 bits per heavy atom. The van der Waals surface area contributed by atoms with E-state index in [1.165, 1.54) is 0 Å². The van der Waals surface area contributed by atoms with Crippen LogP contribution in [0.4, 0.5) is 0 Å². The summed E-state index contributed by atoms with van der Waals surface area (Å²) in [6, 6.07) is 0. The number of alkyl halides is 1. The lowest BCUT2D eigenvalue weighted by Gasteiger charge is -2.27. The van der Waals surface area contributed by atoms with Crippen molar-refractivity contribution >= 4 is 21.8 Å². The number of likely N-dealkylation sites (N-methyl/N-ethyl adjacent to an activating group) is 1. The Morgan fingerprint density at radius 3 is 2.43 bits per heavy atom. The summed E-state index contributed by atoms with van der Waals surface area (Å²) < 4.78 is -0.421. The van der Waals surface area contributed by atoms with Crippen LogP contribution in [0, 0.1) is 0 Å². The van der Waals surface area contributed by atoms with Crippen molar-refractivity contribution in [3.8, 4) is 0 Å². The molecule has 1 heterocycles. The maximum absolute atomic E-state index is 11.9. The summed E-state index contributed by atoms with van der Waals surface area (Å²) in [7, 11) is 2.10. The van der Waals surface area contributed by atoms with Gasteiger partial charge in [-0.1, -0.05) is 15.9 Å². The Labute approximate surface area is 94.6 Å². The minimum Gasteiger partial charge on any atom is -0.340 e. The molecule has 82 valence electrons. The average molecular weight is 263 g/mol. The molecule has 1 amide bonds.